The number of carbonyl (C=O) groups is 1. The van der Waals surface area contributed by atoms with Crippen molar-refractivity contribution >= 4 is 22.0 Å². The van der Waals surface area contributed by atoms with Crippen LogP contribution in [0.1, 0.15) is 66.0 Å². The zero-order chi connectivity index (χ0) is 22.1. The molecule has 0 spiro atoms. The van der Waals surface area contributed by atoms with Crippen molar-refractivity contribution in [2.75, 3.05) is 32.7 Å². The van der Waals surface area contributed by atoms with Crippen LogP contribution in [0.4, 0.5) is 4.79 Å². The molecule has 2 fully saturated rings. The van der Waals surface area contributed by atoms with E-state index in [0.29, 0.717) is 12.1 Å². The van der Waals surface area contributed by atoms with Crippen molar-refractivity contribution in [1.29, 1.82) is 0 Å². The Morgan fingerprint density at radius 3 is 2.27 bits per heavy atom. The van der Waals surface area contributed by atoms with E-state index in [1.165, 1.54) is 5.56 Å². The number of rotatable bonds is 3. The Hall–Kier alpha value is -1.11. The van der Waals surface area contributed by atoms with E-state index >= 15 is 0 Å². The highest BCUT2D eigenvalue weighted by atomic mass is 79.9. The first-order valence-electron chi connectivity index (χ1n) is 11.2. The molecular formula is C24H38BrN3O2. The number of piperazine rings is 1. The van der Waals surface area contributed by atoms with Crippen LogP contribution >= 0.6 is 15.9 Å². The predicted octanol–water partition coefficient (Wildman–Crippen LogP) is 5.31. The Morgan fingerprint density at radius 1 is 1.13 bits per heavy atom. The van der Waals surface area contributed by atoms with Crippen molar-refractivity contribution in [2.24, 2.45) is 0 Å². The van der Waals surface area contributed by atoms with Crippen LogP contribution in [0.5, 0.6) is 0 Å². The second-order valence-electron chi connectivity index (χ2n) is 10.2. The largest absolute Gasteiger partial charge is 0.444 e. The minimum atomic E-state index is -0.435. The number of hydrogen-bond acceptors (Lipinski definition) is 4. The Labute approximate surface area is 190 Å². The molecule has 2 aliphatic rings. The normalized spacial score (nSPS) is 24.5. The first-order chi connectivity index (χ1) is 14.0. The number of ether oxygens (including phenoxy) is 1. The summed E-state index contributed by atoms with van der Waals surface area (Å²) in [6.45, 7) is 17.6. The van der Waals surface area contributed by atoms with Crippen LogP contribution in [0.15, 0.2) is 28.7 Å². The lowest BCUT2D eigenvalue weighted by Crippen LogP contribution is -2.62. The van der Waals surface area contributed by atoms with Crippen molar-refractivity contribution < 1.29 is 9.53 Å². The molecule has 0 N–H and O–H groups in total. The lowest BCUT2D eigenvalue weighted by atomic mass is 9.86. The molecule has 5 nitrogen and oxygen atoms in total. The highest BCUT2D eigenvalue weighted by Crippen LogP contribution is 2.33. The van der Waals surface area contributed by atoms with Gasteiger partial charge in [0.2, 0.25) is 0 Å². The number of amides is 1. The minimum absolute atomic E-state index is 0.152. The smallest absolute Gasteiger partial charge is 0.410 e. The van der Waals surface area contributed by atoms with Crippen LogP contribution in [-0.4, -0.2) is 70.7 Å². The standard InChI is InChI=1S/C24H38BrN3O2/c1-18-17-27(15-16-28(18)19(2)20-7-9-21(25)10-8-20)24(6)11-13-26(14-12-24)22(29)30-23(3,4)5/h7-10,18-19H,11-17H2,1-6H3/t18-,19+/m1/s1. The fourth-order valence-corrected chi connectivity index (χ4v) is 5.05. The van der Waals surface area contributed by atoms with E-state index in [2.05, 4.69) is 70.8 Å². The van der Waals surface area contributed by atoms with Gasteiger partial charge in [-0.05, 0) is 72.1 Å². The number of carbonyl (C=O) groups excluding carboxylic acids is 1. The summed E-state index contributed by atoms with van der Waals surface area (Å²) in [5.41, 5.74) is 1.09. The molecule has 0 aromatic heterocycles. The molecule has 6 heteroatoms. The summed E-state index contributed by atoms with van der Waals surface area (Å²) in [6.07, 6.45) is 1.83. The molecule has 1 aromatic carbocycles. The lowest BCUT2D eigenvalue weighted by molar-refractivity contribution is -0.0358. The number of likely N-dealkylation sites (tertiary alicyclic amines) is 1. The number of nitrogens with zero attached hydrogens (tertiary/aromatic N) is 3. The number of piperidine rings is 1. The van der Waals surface area contributed by atoms with Gasteiger partial charge in [0.05, 0.1) is 0 Å². The van der Waals surface area contributed by atoms with Crippen molar-refractivity contribution in [3.8, 4) is 0 Å². The highest BCUT2D eigenvalue weighted by molar-refractivity contribution is 9.10. The maximum Gasteiger partial charge on any atom is 0.410 e. The van der Waals surface area contributed by atoms with Crippen LogP contribution in [0.25, 0.3) is 0 Å². The Balaban J connectivity index is 1.56. The van der Waals surface area contributed by atoms with Gasteiger partial charge in [-0.15, -0.1) is 0 Å². The molecule has 0 saturated carbocycles. The molecule has 0 radical (unpaired) electrons. The van der Waals surface area contributed by atoms with Crippen molar-refractivity contribution in [3.63, 3.8) is 0 Å². The van der Waals surface area contributed by atoms with Gasteiger partial charge in [-0.2, -0.15) is 0 Å². The monoisotopic (exact) mass is 479 g/mol. The van der Waals surface area contributed by atoms with E-state index in [0.717, 1.165) is 50.0 Å². The third-order valence-corrected chi connectivity index (χ3v) is 7.31. The summed E-state index contributed by atoms with van der Waals surface area (Å²) in [4.78, 5) is 19.6. The molecule has 2 atom stereocenters. The van der Waals surface area contributed by atoms with Gasteiger partial charge in [0.1, 0.15) is 5.60 Å². The molecule has 0 bridgehead atoms. The Kier molecular flexibility index (Phi) is 7.20. The molecule has 168 valence electrons. The molecule has 0 aliphatic carbocycles. The van der Waals surface area contributed by atoms with Gasteiger partial charge in [-0.3, -0.25) is 9.80 Å². The highest BCUT2D eigenvalue weighted by Gasteiger charge is 2.41. The van der Waals surface area contributed by atoms with Crippen LogP contribution in [-0.2, 0) is 4.74 Å². The summed E-state index contributed by atoms with van der Waals surface area (Å²) < 4.78 is 6.69. The summed E-state index contributed by atoms with van der Waals surface area (Å²) in [7, 11) is 0. The maximum atomic E-state index is 12.4. The Bertz CT molecular complexity index is 723. The molecule has 2 aliphatic heterocycles. The van der Waals surface area contributed by atoms with Crippen molar-refractivity contribution in [2.45, 2.75) is 77.6 Å². The summed E-state index contributed by atoms with van der Waals surface area (Å²) >= 11 is 3.53. The van der Waals surface area contributed by atoms with Gasteiger partial charge in [0.25, 0.3) is 0 Å². The van der Waals surface area contributed by atoms with Gasteiger partial charge in [0, 0.05) is 54.8 Å². The average Bonchev–Trinajstić information content (AvgIpc) is 2.67. The van der Waals surface area contributed by atoms with E-state index in [9.17, 15) is 4.79 Å². The molecule has 30 heavy (non-hydrogen) atoms. The third kappa shape index (κ3) is 5.57. The molecule has 2 saturated heterocycles. The van der Waals surface area contributed by atoms with Crippen molar-refractivity contribution in [3.05, 3.63) is 34.3 Å². The molecule has 1 amide bonds. The van der Waals surface area contributed by atoms with Crippen LogP contribution in [0, 0.1) is 0 Å². The summed E-state index contributed by atoms with van der Waals surface area (Å²) in [6, 6.07) is 9.62. The Morgan fingerprint density at radius 2 is 1.73 bits per heavy atom. The van der Waals surface area contributed by atoms with E-state index in [-0.39, 0.29) is 11.6 Å². The molecule has 3 rings (SSSR count). The second kappa shape index (κ2) is 9.17. The fraction of sp³-hybridized carbons (Fsp3) is 0.708. The number of hydrogen-bond donors (Lipinski definition) is 0. The summed E-state index contributed by atoms with van der Waals surface area (Å²) in [5.74, 6) is 0. The zero-order valence-electron chi connectivity index (χ0n) is 19.4. The molecule has 2 heterocycles. The quantitative estimate of drug-likeness (QED) is 0.588. The lowest BCUT2D eigenvalue weighted by Gasteiger charge is -2.52. The minimum Gasteiger partial charge on any atom is -0.444 e. The fourth-order valence-electron chi connectivity index (χ4n) is 4.78. The molecular weight excluding hydrogens is 442 g/mol. The van der Waals surface area contributed by atoms with Gasteiger partial charge in [-0.1, -0.05) is 28.1 Å². The van der Waals surface area contributed by atoms with Gasteiger partial charge in [-0.25, -0.2) is 4.79 Å². The molecule has 1 aromatic rings. The van der Waals surface area contributed by atoms with Crippen LogP contribution in [0.3, 0.4) is 0 Å². The number of benzene rings is 1. The maximum absolute atomic E-state index is 12.4. The van der Waals surface area contributed by atoms with E-state index in [4.69, 9.17) is 4.74 Å². The second-order valence-corrected chi connectivity index (χ2v) is 11.1. The topological polar surface area (TPSA) is 36.0 Å². The first kappa shape index (κ1) is 23.6. The van der Waals surface area contributed by atoms with Gasteiger partial charge < -0.3 is 9.64 Å². The summed E-state index contributed by atoms with van der Waals surface area (Å²) in [5, 5.41) is 0. The predicted molar refractivity (Wildman–Crippen MR) is 126 cm³/mol. The first-order valence-corrected chi connectivity index (χ1v) is 12.0. The van der Waals surface area contributed by atoms with Crippen LogP contribution < -0.4 is 0 Å². The van der Waals surface area contributed by atoms with E-state index < -0.39 is 5.60 Å². The van der Waals surface area contributed by atoms with Crippen molar-refractivity contribution in [1.82, 2.24) is 14.7 Å². The van der Waals surface area contributed by atoms with E-state index in [1.54, 1.807) is 0 Å². The third-order valence-electron chi connectivity index (χ3n) is 6.78. The average molecular weight is 480 g/mol. The number of halogens is 1. The van der Waals surface area contributed by atoms with Crippen LogP contribution in [0.2, 0.25) is 0 Å². The van der Waals surface area contributed by atoms with Gasteiger partial charge >= 0.3 is 6.09 Å². The molecule has 0 unspecified atom stereocenters. The van der Waals surface area contributed by atoms with Gasteiger partial charge in [0.15, 0.2) is 0 Å². The van der Waals surface area contributed by atoms with E-state index in [1.807, 2.05) is 25.7 Å². The zero-order valence-corrected chi connectivity index (χ0v) is 21.0. The SMILES string of the molecule is C[C@@H]1CN(C2(C)CCN(C(=O)OC(C)(C)C)CC2)CCN1[C@@H](C)c1ccc(Br)cc1.